The van der Waals surface area contributed by atoms with Gasteiger partial charge in [-0.15, -0.1) is 11.6 Å². The van der Waals surface area contributed by atoms with Crippen LogP contribution in [-0.2, 0) is 13.0 Å². The van der Waals surface area contributed by atoms with E-state index >= 15 is 0 Å². The summed E-state index contributed by atoms with van der Waals surface area (Å²) in [4.78, 5) is 8.63. The molecule has 0 aliphatic rings. The summed E-state index contributed by atoms with van der Waals surface area (Å²) < 4.78 is 20.9. The second-order valence-electron chi connectivity index (χ2n) is 4.54. The third kappa shape index (κ3) is 2.80. The molecule has 0 unspecified atom stereocenters. The van der Waals surface area contributed by atoms with Crippen LogP contribution in [0.4, 0.5) is 4.39 Å². The Morgan fingerprint density at radius 2 is 2.19 bits per heavy atom. The normalized spacial score (nSPS) is 11.4. The van der Waals surface area contributed by atoms with E-state index < -0.39 is 0 Å². The van der Waals surface area contributed by atoms with Gasteiger partial charge in [-0.3, -0.25) is 0 Å². The molecule has 0 bridgehead atoms. The smallest absolute Gasteiger partial charge is 0.223 e. The molecular weight excluding hydrogens is 363 g/mol. The number of fused-ring (bicyclic) bond motifs is 1. The molecule has 2 aromatic heterocycles. The van der Waals surface area contributed by atoms with Gasteiger partial charge in [-0.05, 0) is 22.0 Å². The van der Waals surface area contributed by atoms with Crippen LogP contribution in [0.3, 0.4) is 0 Å². The number of rotatable bonds is 4. The first-order chi connectivity index (χ1) is 10.1. The van der Waals surface area contributed by atoms with Crippen LogP contribution in [0.25, 0.3) is 11.0 Å². The predicted molar refractivity (Wildman–Crippen MR) is 80.0 cm³/mol. The van der Waals surface area contributed by atoms with Crippen molar-refractivity contribution in [1.29, 1.82) is 0 Å². The lowest BCUT2D eigenvalue weighted by molar-refractivity contribution is 0.386. The summed E-state index contributed by atoms with van der Waals surface area (Å²) in [6.07, 6.45) is 0.576. The highest BCUT2D eigenvalue weighted by atomic mass is 79.9. The van der Waals surface area contributed by atoms with Crippen molar-refractivity contribution >= 4 is 38.6 Å². The van der Waals surface area contributed by atoms with E-state index in [0.29, 0.717) is 40.6 Å². The molecule has 3 aromatic rings. The molecule has 0 saturated carbocycles. The van der Waals surface area contributed by atoms with Crippen molar-refractivity contribution in [2.45, 2.75) is 19.9 Å². The van der Waals surface area contributed by atoms with E-state index in [0.717, 1.165) is 11.3 Å². The molecule has 1 aromatic carbocycles. The molecular formula is C13H11BrClFN4O. The van der Waals surface area contributed by atoms with Gasteiger partial charge in [-0.1, -0.05) is 5.16 Å². The zero-order valence-corrected chi connectivity index (χ0v) is 13.4. The van der Waals surface area contributed by atoms with Crippen LogP contribution in [0.2, 0.25) is 0 Å². The molecule has 8 heteroatoms. The lowest BCUT2D eigenvalue weighted by Crippen LogP contribution is -2.07. The second-order valence-corrected chi connectivity index (χ2v) is 5.77. The van der Waals surface area contributed by atoms with E-state index in [9.17, 15) is 4.39 Å². The minimum absolute atomic E-state index is 0.347. The van der Waals surface area contributed by atoms with Gasteiger partial charge >= 0.3 is 0 Å². The molecule has 3 rings (SSSR count). The SMILES string of the molecule is Cc1nc(Cn2c(CCCl)nc3cc(F)c(Br)cc32)no1. The van der Waals surface area contributed by atoms with Crippen molar-refractivity contribution in [2.75, 3.05) is 5.88 Å². The monoisotopic (exact) mass is 372 g/mol. The molecule has 21 heavy (non-hydrogen) atoms. The zero-order valence-electron chi connectivity index (χ0n) is 11.1. The largest absolute Gasteiger partial charge is 0.340 e. The number of imidazole rings is 1. The minimum atomic E-state index is -0.347. The number of nitrogens with zero attached hydrogens (tertiary/aromatic N) is 4. The van der Waals surface area contributed by atoms with E-state index in [-0.39, 0.29) is 5.82 Å². The zero-order chi connectivity index (χ0) is 15.0. The number of hydrogen-bond acceptors (Lipinski definition) is 4. The number of hydrogen-bond donors (Lipinski definition) is 0. The summed E-state index contributed by atoms with van der Waals surface area (Å²) >= 11 is 9.02. The lowest BCUT2D eigenvalue weighted by Gasteiger charge is -2.05. The number of aromatic nitrogens is 4. The van der Waals surface area contributed by atoms with E-state index in [1.165, 1.54) is 6.07 Å². The highest BCUT2D eigenvalue weighted by Crippen LogP contribution is 2.25. The summed E-state index contributed by atoms with van der Waals surface area (Å²) in [5, 5.41) is 3.89. The van der Waals surface area contributed by atoms with Gasteiger partial charge in [-0.2, -0.15) is 4.98 Å². The van der Waals surface area contributed by atoms with Crippen LogP contribution in [0.15, 0.2) is 21.1 Å². The van der Waals surface area contributed by atoms with Crippen molar-refractivity contribution in [3.8, 4) is 0 Å². The maximum Gasteiger partial charge on any atom is 0.223 e. The van der Waals surface area contributed by atoms with Gasteiger partial charge in [0.15, 0.2) is 5.82 Å². The Bertz CT molecular complexity index is 801. The number of aryl methyl sites for hydroxylation is 2. The molecule has 110 valence electrons. The molecule has 5 nitrogen and oxygen atoms in total. The van der Waals surface area contributed by atoms with Crippen LogP contribution in [-0.4, -0.2) is 25.6 Å². The third-order valence-electron chi connectivity index (χ3n) is 3.06. The van der Waals surface area contributed by atoms with Crippen molar-refractivity contribution in [1.82, 2.24) is 19.7 Å². The summed E-state index contributed by atoms with van der Waals surface area (Å²) in [7, 11) is 0. The molecule has 0 saturated heterocycles. The molecule has 2 heterocycles. The van der Waals surface area contributed by atoms with E-state index in [4.69, 9.17) is 16.1 Å². The van der Waals surface area contributed by atoms with Crippen LogP contribution in [0.5, 0.6) is 0 Å². The lowest BCUT2D eigenvalue weighted by atomic mass is 10.3. The quantitative estimate of drug-likeness (QED) is 0.657. The fourth-order valence-electron chi connectivity index (χ4n) is 2.17. The van der Waals surface area contributed by atoms with Crippen LogP contribution in [0.1, 0.15) is 17.5 Å². The van der Waals surface area contributed by atoms with E-state index in [2.05, 4.69) is 31.1 Å². The highest BCUT2D eigenvalue weighted by Gasteiger charge is 2.15. The molecule has 0 spiro atoms. The Morgan fingerprint density at radius 1 is 1.38 bits per heavy atom. The number of benzene rings is 1. The second kappa shape index (κ2) is 5.73. The Kier molecular flexibility index (Phi) is 3.95. The van der Waals surface area contributed by atoms with E-state index in [1.807, 2.05) is 4.57 Å². The molecule has 0 aliphatic carbocycles. The molecule has 0 radical (unpaired) electrons. The van der Waals surface area contributed by atoms with Gasteiger partial charge in [-0.25, -0.2) is 9.37 Å². The third-order valence-corrected chi connectivity index (χ3v) is 3.85. The molecule has 0 fully saturated rings. The summed E-state index contributed by atoms with van der Waals surface area (Å²) in [5.41, 5.74) is 1.38. The van der Waals surface area contributed by atoms with Crippen molar-refractivity contribution in [3.63, 3.8) is 0 Å². The summed E-state index contributed by atoms with van der Waals surface area (Å²) in [5.74, 6) is 1.89. The van der Waals surface area contributed by atoms with Gasteiger partial charge in [0, 0.05) is 25.3 Å². The maximum absolute atomic E-state index is 13.6. The van der Waals surface area contributed by atoms with Crippen molar-refractivity contribution in [3.05, 3.63) is 40.0 Å². The average Bonchev–Trinajstić information content (AvgIpc) is 2.97. The topological polar surface area (TPSA) is 56.7 Å². The summed E-state index contributed by atoms with van der Waals surface area (Å²) in [6.45, 7) is 2.13. The molecule has 0 amide bonds. The first-order valence-electron chi connectivity index (χ1n) is 6.28. The Hall–Kier alpha value is -1.47. The van der Waals surface area contributed by atoms with Gasteiger partial charge in [0.2, 0.25) is 5.89 Å². The van der Waals surface area contributed by atoms with Gasteiger partial charge < -0.3 is 9.09 Å². The standard InChI is InChI=1S/C13H11BrClFN4O/c1-7-17-12(19-21-7)6-20-11-4-8(14)9(16)5-10(11)18-13(20)2-3-15/h4-5H,2-3,6H2,1H3. The first-order valence-corrected chi connectivity index (χ1v) is 7.60. The van der Waals surface area contributed by atoms with Gasteiger partial charge in [0.25, 0.3) is 0 Å². The predicted octanol–water partition coefficient (Wildman–Crippen LogP) is 3.46. The molecule has 0 aliphatic heterocycles. The summed E-state index contributed by atoms with van der Waals surface area (Å²) in [6, 6.07) is 3.09. The fraction of sp³-hybridized carbons (Fsp3) is 0.308. The van der Waals surface area contributed by atoms with Gasteiger partial charge in [0.1, 0.15) is 11.6 Å². The number of alkyl halides is 1. The molecule has 0 atom stereocenters. The van der Waals surface area contributed by atoms with Crippen LogP contribution in [0, 0.1) is 12.7 Å². The van der Waals surface area contributed by atoms with Crippen molar-refractivity contribution in [2.24, 2.45) is 0 Å². The molecule has 0 N–H and O–H groups in total. The maximum atomic E-state index is 13.6. The van der Waals surface area contributed by atoms with Crippen molar-refractivity contribution < 1.29 is 8.91 Å². The fourth-order valence-corrected chi connectivity index (χ4v) is 2.67. The first kappa shape index (κ1) is 14.5. The number of halogens is 3. The van der Waals surface area contributed by atoms with Gasteiger partial charge in [0.05, 0.1) is 22.1 Å². The highest BCUT2D eigenvalue weighted by molar-refractivity contribution is 9.10. The Morgan fingerprint density at radius 3 is 2.86 bits per heavy atom. The average molecular weight is 374 g/mol. The Labute approximate surface area is 133 Å². The van der Waals surface area contributed by atoms with E-state index in [1.54, 1.807) is 13.0 Å². The minimum Gasteiger partial charge on any atom is -0.340 e. The van der Waals surface area contributed by atoms with Crippen LogP contribution >= 0.6 is 27.5 Å². The van der Waals surface area contributed by atoms with Crippen LogP contribution < -0.4 is 0 Å². The Balaban J connectivity index is 2.12.